The highest BCUT2D eigenvalue weighted by Gasteiger charge is 2.49. The lowest BCUT2D eigenvalue weighted by molar-refractivity contribution is -0.0754. The lowest BCUT2D eigenvalue weighted by Gasteiger charge is -2.50. The molecule has 0 radical (unpaired) electrons. The topological polar surface area (TPSA) is 93.9 Å². The minimum absolute atomic E-state index is 0.00684. The molecule has 1 amide bonds. The summed E-state index contributed by atoms with van der Waals surface area (Å²) in [6.45, 7) is 10.0. The molecule has 7 atom stereocenters. The second kappa shape index (κ2) is 13.4. The molecule has 1 N–H and O–H groups in total. The maximum atomic E-state index is 14.0. The summed E-state index contributed by atoms with van der Waals surface area (Å²) in [5.74, 6) is 5.74. The number of rotatable bonds is 3. The number of halogens is 1. The van der Waals surface area contributed by atoms with Gasteiger partial charge in [0.2, 0.25) is 0 Å². The van der Waals surface area contributed by atoms with Crippen LogP contribution in [0.5, 0.6) is 5.75 Å². The van der Waals surface area contributed by atoms with Crippen molar-refractivity contribution >= 4 is 38.8 Å². The van der Waals surface area contributed by atoms with Crippen molar-refractivity contribution in [2.75, 3.05) is 31.7 Å². The number of hydrogen-bond donors (Lipinski definition) is 1. The fourth-order valence-corrected chi connectivity index (χ4v) is 10.5. The van der Waals surface area contributed by atoms with Gasteiger partial charge in [0.15, 0.2) is 0 Å². The van der Waals surface area contributed by atoms with Crippen LogP contribution in [0.15, 0.2) is 53.1 Å². The predicted octanol–water partition coefficient (Wildman–Crippen LogP) is 7.42. The van der Waals surface area contributed by atoms with Crippen LogP contribution in [0.2, 0.25) is 5.02 Å². The molecule has 10 heteroatoms. The van der Waals surface area contributed by atoms with Gasteiger partial charge in [-0.05, 0) is 124 Å². The first-order chi connectivity index (χ1) is 23.8. The Bertz CT molecular complexity index is 1920. The molecule has 1 aromatic heterocycles. The van der Waals surface area contributed by atoms with E-state index in [9.17, 15) is 9.00 Å². The Morgan fingerprint density at radius 3 is 2.72 bits per heavy atom. The smallest absolute Gasteiger partial charge is 0.262 e. The number of amides is 1. The van der Waals surface area contributed by atoms with Gasteiger partial charge in [-0.1, -0.05) is 41.9 Å². The molecule has 1 saturated carbocycles. The number of fused-ring (bicyclic) bond motifs is 4. The molecule has 268 valence electrons. The first kappa shape index (κ1) is 35.1. The van der Waals surface area contributed by atoms with Crippen LogP contribution in [0.4, 0.5) is 5.69 Å². The highest BCUT2D eigenvalue weighted by atomic mass is 35.5. The molecular formula is C40H50ClN3O5S. The molecule has 8 nitrogen and oxygen atoms in total. The van der Waals surface area contributed by atoms with E-state index in [2.05, 4.69) is 58.8 Å². The van der Waals surface area contributed by atoms with Crippen LogP contribution in [0.1, 0.15) is 84.5 Å². The Labute approximate surface area is 302 Å². The van der Waals surface area contributed by atoms with Gasteiger partial charge in [0.1, 0.15) is 11.5 Å². The van der Waals surface area contributed by atoms with Crippen LogP contribution in [0, 0.1) is 31.6 Å². The lowest BCUT2D eigenvalue weighted by Crippen LogP contribution is -2.54. The molecule has 2 bridgehead atoms. The van der Waals surface area contributed by atoms with Crippen LogP contribution in [-0.4, -0.2) is 58.8 Å². The Morgan fingerprint density at radius 1 is 1.18 bits per heavy atom. The first-order valence-corrected chi connectivity index (χ1v) is 20.1. The van der Waals surface area contributed by atoms with Crippen LogP contribution in [0.25, 0.3) is 0 Å². The maximum Gasteiger partial charge on any atom is 0.262 e. The summed E-state index contributed by atoms with van der Waals surface area (Å²) in [6.07, 6.45) is 10.8. The van der Waals surface area contributed by atoms with Crippen molar-refractivity contribution in [1.82, 2.24) is 9.88 Å². The molecule has 2 aliphatic carbocycles. The van der Waals surface area contributed by atoms with Crippen LogP contribution in [0.3, 0.4) is 0 Å². The van der Waals surface area contributed by atoms with Gasteiger partial charge in [0, 0.05) is 53.4 Å². The van der Waals surface area contributed by atoms with Crippen molar-refractivity contribution in [2.45, 2.75) is 88.9 Å². The quantitative estimate of drug-likeness (QED) is 0.223. The third kappa shape index (κ3) is 6.28. The number of ether oxygens (including phenoxy) is 2. The number of aromatic nitrogens is 1. The number of allylic oxidation sites excluding steroid dienone is 1. The average molecular weight is 720 g/mol. The summed E-state index contributed by atoms with van der Waals surface area (Å²) in [4.78, 5) is 16.2. The van der Waals surface area contributed by atoms with Crippen LogP contribution in [-0.2, 0) is 32.7 Å². The van der Waals surface area contributed by atoms with E-state index in [0.29, 0.717) is 30.9 Å². The summed E-state index contributed by atoms with van der Waals surface area (Å²) >= 11 is 6.49. The van der Waals surface area contributed by atoms with E-state index in [1.807, 2.05) is 39.2 Å². The molecule has 3 heterocycles. The molecule has 3 aromatic rings. The zero-order chi connectivity index (χ0) is 35.4. The fraction of sp³-hybridized carbons (Fsp3) is 0.525. The number of hydrogen-bond acceptors (Lipinski definition) is 7. The molecular weight excluding hydrogens is 670 g/mol. The Balaban J connectivity index is 1.34. The normalized spacial score (nSPS) is 33.3. The summed E-state index contributed by atoms with van der Waals surface area (Å²) in [6, 6.07) is 11.9. The standard InChI is InChI=1S/C40H50ClN3O5S/c1-25-9-7-18-40(47-5,21-35-26(2)27(3)49-42-35)34-14-11-31(34)22-44-23-39(17-8-10-29-19-32(41)13-15-33(29)39)24-48-37-16-12-30(20-36(37)44)38(45)43-50(6,46)28(25)4/h7,12-13,15-16,18-20,25,28,31,34H,6,8-11,14,17,21-24H2,1-5H3,(H,43,45,46)/b18-7+/t25-,28+,31-,34+,39-,40-,50?/m0/s1. The molecule has 2 aliphatic heterocycles. The molecule has 0 saturated heterocycles. The second-order valence-corrected chi connectivity index (χ2v) is 18.2. The summed E-state index contributed by atoms with van der Waals surface area (Å²) < 4.78 is 35.7. The number of carbonyl (C=O) groups is 1. The van der Waals surface area contributed by atoms with Gasteiger partial charge in [-0.2, -0.15) is 0 Å². The number of benzene rings is 2. The molecule has 4 aliphatic rings. The van der Waals surface area contributed by atoms with Gasteiger partial charge >= 0.3 is 0 Å². The van der Waals surface area contributed by atoms with E-state index < -0.39 is 15.3 Å². The van der Waals surface area contributed by atoms with Crippen molar-refractivity contribution in [3.05, 3.63) is 87.3 Å². The van der Waals surface area contributed by atoms with E-state index >= 15 is 0 Å². The highest BCUT2D eigenvalue weighted by molar-refractivity contribution is 7.99. The Morgan fingerprint density at radius 2 is 2.00 bits per heavy atom. The number of nitrogens with zero attached hydrogens (tertiary/aromatic N) is 2. The van der Waals surface area contributed by atoms with Gasteiger partial charge in [0.05, 0.1) is 33.3 Å². The van der Waals surface area contributed by atoms with Gasteiger partial charge in [0.25, 0.3) is 5.91 Å². The second-order valence-electron chi connectivity index (χ2n) is 15.4. The monoisotopic (exact) mass is 719 g/mol. The number of anilines is 1. The summed E-state index contributed by atoms with van der Waals surface area (Å²) in [5, 5.41) is 4.86. The number of aryl methyl sites for hydroxylation is 2. The van der Waals surface area contributed by atoms with Gasteiger partial charge < -0.3 is 18.9 Å². The van der Waals surface area contributed by atoms with E-state index in [0.717, 1.165) is 78.7 Å². The fourth-order valence-electron chi connectivity index (χ4n) is 8.82. The molecule has 7 rings (SSSR count). The van der Waals surface area contributed by atoms with E-state index in [-0.39, 0.29) is 28.4 Å². The third-order valence-electron chi connectivity index (χ3n) is 12.5. The van der Waals surface area contributed by atoms with Crippen molar-refractivity contribution in [2.24, 2.45) is 17.8 Å². The molecule has 1 fully saturated rings. The SMILES string of the molecule is C=S1(=O)NC(=O)c2ccc3c(c2)N(C[C@@H]2CC[C@H]2[C@](Cc2noc(C)c2C)(OC)/C=C/C[C@H](C)[C@H]1C)C[C@@]1(CCCc2cc(Cl)ccc21)CO3. The number of nitrogens with one attached hydrogen (secondary N) is 1. The minimum Gasteiger partial charge on any atom is -0.490 e. The molecule has 2 aromatic carbocycles. The van der Waals surface area contributed by atoms with E-state index in [1.165, 1.54) is 11.1 Å². The van der Waals surface area contributed by atoms with Crippen molar-refractivity contribution < 1.29 is 23.0 Å². The number of methoxy groups -OCH3 is 1. The van der Waals surface area contributed by atoms with Gasteiger partial charge in [-0.3, -0.25) is 9.52 Å². The Hall–Kier alpha value is -3.27. The van der Waals surface area contributed by atoms with Crippen molar-refractivity contribution in [3.8, 4) is 5.75 Å². The highest BCUT2D eigenvalue weighted by Crippen LogP contribution is 2.50. The zero-order valence-corrected chi connectivity index (χ0v) is 31.5. The maximum absolute atomic E-state index is 14.0. The predicted molar refractivity (Wildman–Crippen MR) is 201 cm³/mol. The summed E-state index contributed by atoms with van der Waals surface area (Å²) in [7, 11) is -1.16. The van der Waals surface area contributed by atoms with Crippen molar-refractivity contribution in [3.63, 3.8) is 0 Å². The average Bonchev–Trinajstić information content (AvgIpc) is 3.30. The molecule has 1 unspecified atom stereocenters. The Kier molecular flexibility index (Phi) is 9.40. The molecule has 1 spiro atoms. The number of carbonyl (C=O) groups excluding carboxylic acids is 1. The first-order valence-electron chi connectivity index (χ1n) is 18.0. The van der Waals surface area contributed by atoms with Gasteiger partial charge in [-0.25, -0.2) is 4.21 Å². The lowest BCUT2D eigenvalue weighted by atomic mass is 9.62. The van der Waals surface area contributed by atoms with Crippen LogP contribution >= 0.6 is 11.6 Å². The van der Waals surface area contributed by atoms with E-state index in [1.54, 1.807) is 6.07 Å². The van der Waals surface area contributed by atoms with E-state index in [4.69, 9.17) is 25.6 Å². The van der Waals surface area contributed by atoms with Crippen molar-refractivity contribution in [1.29, 1.82) is 0 Å². The third-order valence-corrected chi connectivity index (χ3v) is 14.9. The van der Waals surface area contributed by atoms with Crippen LogP contribution < -0.4 is 14.4 Å². The zero-order valence-electron chi connectivity index (χ0n) is 29.9. The largest absolute Gasteiger partial charge is 0.490 e. The minimum atomic E-state index is -2.97. The summed E-state index contributed by atoms with van der Waals surface area (Å²) in [5.41, 5.74) is 5.00. The molecule has 50 heavy (non-hydrogen) atoms. The van der Waals surface area contributed by atoms with Gasteiger partial charge in [-0.15, -0.1) is 0 Å².